The molecule has 0 aliphatic heterocycles. The van der Waals surface area contributed by atoms with Crippen LogP contribution in [0.3, 0.4) is 0 Å². The lowest BCUT2D eigenvalue weighted by atomic mass is 10.4. The average molecular weight is 560 g/mol. The molecule has 3 aromatic rings. The fraction of sp³-hybridized carbons (Fsp3) is 0.182. The number of rotatable bonds is 7. The van der Waals surface area contributed by atoms with E-state index in [-0.39, 0.29) is 10.9 Å². The summed E-state index contributed by atoms with van der Waals surface area (Å²) in [7, 11) is -6.82. The van der Waals surface area contributed by atoms with Crippen LogP contribution >= 0.6 is 0 Å². The zero-order valence-electron chi connectivity index (χ0n) is 17.7. The van der Waals surface area contributed by atoms with E-state index in [1.54, 1.807) is 0 Å². The Hall–Kier alpha value is -2.68. The normalized spacial score (nSPS) is 13.6. The van der Waals surface area contributed by atoms with Gasteiger partial charge in [-0.1, -0.05) is 54.6 Å². The van der Waals surface area contributed by atoms with Gasteiger partial charge in [0.2, 0.25) is 0 Å². The van der Waals surface area contributed by atoms with Gasteiger partial charge in [0, 0.05) is 0 Å². The Kier molecular flexibility index (Phi) is 9.51. The van der Waals surface area contributed by atoms with Gasteiger partial charge < -0.3 is 4.55 Å². The zero-order chi connectivity index (χ0) is 27.2. The number of hydrogen-bond donors (Lipinski definition) is 0. The van der Waals surface area contributed by atoms with Crippen molar-refractivity contribution in [1.29, 1.82) is 0 Å². The van der Waals surface area contributed by atoms with E-state index in [9.17, 15) is 48.1 Å². The molecular weight excluding hydrogens is 544 g/mol. The number of ether oxygens (including phenoxy) is 1. The maximum absolute atomic E-state index is 12.2. The summed E-state index contributed by atoms with van der Waals surface area (Å²) in [6, 6.07) is 32.2. The lowest BCUT2D eigenvalue weighted by Crippen LogP contribution is -2.48. The van der Waals surface area contributed by atoms with Crippen molar-refractivity contribution >= 4 is 21.0 Å². The summed E-state index contributed by atoms with van der Waals surface area (Å²) in [4.78, 5) is 4.08. The molecule has 0 bridgehead atoms. The zero-order valence-corrected chi connectivity index (χ0v) is 19.3. The second kappa shape index (κ2) is 11.6. The van der Waals surface area contributed by atoms with E-state index in [2.05, 4.69) is 91.0 Å². The summed E-state index contributed by atoms with van der Waals surface area (Å²) in [5.74, 6) is 0. The number of benzene rings is 3. The predicted octanol–water partition coefficient (Wildman–Crippen LogP) is 6.37. The molecule has 0 spiro atoms. The lowest BCUT2D eigenvalue weighted by molar-refractivity contribution is -0.423. The van der Waals surface area contributed by atoms with Crippen LogP contribution in [0.25, 0.3) is 0 Å². The van der Waals surface area contributed by atoms with Gasteiger partial charge >= 0.3 is 17.5 Å². The number of halogens is 8. The Bertz CT molecular complexity index is 1100. The van der Waals surface area contributed by atoms with E-state index in [4.69, 9.17) is 0 Å². The van der Waals surface area contributed by atoms with Crippen molar-refractivity contribution in [3.8, 4) is 0 Å². The van der Waals surface area contributed by atoms with Crippen LogP contribution in [0, 0.1) is 0 Å². The molecule has 4 nitrogen and oxygen atoms in total. The van der Waals surface area contributed by atoms with E-state index in [1.165, 1.54) is 14.7 Å². The summed E-state index contributed by atoms with van der Waals surface area (Å²) >= 11 is 0. The monoisotopic (exact) mass is 560 g/mol. The van der Waals surface area contributed by atoms with E-state index < -0.39 is 34.0 Å². The first-order chi connectivity index (χ1) is 16.6. The van der Waals surface area contributed by atoms with Gasteiger partial charge in [-0.2, -0.15) is 30.7 Å². The summed E-state index contributed by atoms with van der Waals surface area (Å²) in [5.41, 5.74) is 0. The summed E-state index contributed by atoms with van der Waals surface area (Å²) in [5, 5.41) is -6.08. The SMILES string of the molecule is O=S(=O)([O-])C(F)(F)C(F)OC(F)(F)C(F)(F)F.c1ccc([S+](c2ccccc2)c2ccccc2)cc1. The third-order valence-electron chi connectivity index (χ3n) is 4.12. The Morgan fingerprint density at radius 1 is 0.667 bits per heavy atom. The molecule has 3 rings (SSSR count). The molecule has 0 radical (unpaired) electrons. The van der Waals surface area contributed by atoms with Gasteiger partial charge in [-0.05, 0) is 36.4 Å². The minimum atomic E-state index is -6.80. The standard InChI is InChI=1S/C18H15S.C4H2F8O4S/c1-4-10-16(11-5-1)19(17-12-6-2-7-13-17)18-14-8-3-9-15-18;5-1(2(6,7)17(13,14)15)16-4(11,12)3(8,9)10/h1-15H;1H,(H,13,14,15)/q+1;/p-1. The Morgan fingerprint density at radius 2 is 0.972 bits per heavy atom. The van der Waals surface area contributed by atoms with Crippen LogP contribution in [0.4, 0.5) is 35.1 Å². The average Bonchev–Trinajstić information content (AvgIpc) is 2.80. The first-order valence-corrected chi connectivity index (χ1v) is 12.2. The molecule has 0 N–H and O–H groups in total. The highest BCUT2D eigenvalue weighted by Crippen LogP contribution is 2.40. The Labute approximate surface area is 203 Å². The third kappa shape index (κ3) is 7.41. The molecule has 196 valence electrons. The van der Waals surface area contributed by atoms with Crippen molar-refractivity contribution in [2.75, 3.05) is 0 Å². The largest absolute Gasteiger partial charge is 0.743 e. The molecular formula is C22H16F8O4S2. The quantitative estimate of drug-likeness (QED) is 0.191. The summed E-state index contributed by atoms with van der Waals surface area (Å²) in [6.07, 6.45) is -17.9. The summed E-state index contributed by atoms with van der Waals surface area (Å²) in [6.45, 7) is 0. The molecule has 0 aromatic heterocycles. The minimum absolute atomic E-state index is 0.0146. The van der Waals surface area contributed by atoms with Gasteiger partial charge in [-0.3, -0.25) is 4.74 Å². The predicted molar refractivity (Wildman–Crippen MR) is 113 cm³/mol. The third-order valence-corrected chi connectivity index (χ3v) is 7.20. The van der Waals surface area contributed by atoms with E-state index in [1.807, 2.05) is 4.74 Å². The highest BCUT2D eigenvalue weighted by atomic mass is 32.2. The summed E-state index contributed by atoms with van der Waals surface area (Å²) < 4.78 is 125. The van der Waals surface area contributed by atoms with Crippen LogP contribution in [0.5, 0.6) is 0 Å². The van der Waals surface area contributed by atoms with Crippen LogP contribution in [0.2, 0.25) is 0 Å². The molecule has 36 heavy (non-hydrogen) atoms. The molecule has 1 atom stereocenters. The fourth-order valence-corrected chi connectivity index (χ4v) is 4.84. The van der Waals surface area contributed by atoms with Crippen molar-refractivity contribution < 1.29 is 52.8 Å². The van der Waals surface area contributed by atoms with Crippen molar-refractivity contribution in [2.24, 2.45) is 0 Å². The highest BCUT2D eigenvalue weighted by molar-refractivity contribution is 7.97. The Balaban J connectivity index is 0.000000256. The molecule has 1 unspecified atom stereocenters. The van der Waals surface area contributed by atoms with Gasteiger partial charge in [-0.25, -0.2) is 12.8 Å². The van der Waals surface area contributed by atoms with Gasteiger partial charge in [-0.15, -0.1) is 0 Å². The van der Waals surface area contributed by atoms with Crippen molar-refractivity contribution in [2.45, 2.75) is 38.6 Å². The maximum Gasteiger partial charge on any atom is 0.483 e. The Morgan fingerprint density at radius 3 is 1.22 bits per heavy atom. The van der Waals surface area contributed by atoms with Gasteiger partial charge in [0.25, 0.3) is 6.36 Å². The number of alkyl halides is 8. The number of hydrogen-bond acceptors (Lipinski definition) is 4. The van der Waals surface area contributed by atoms with Gasteiger partial charge in [0.1, 0.15) is 0 Å². The van der Waals surface area contributed by atoms with Gasteiger partial charge in [0.15, 0.2) is 24.8 Å². The van der Waals surface area contributed by atoms with Crippen LogP contribution in [-0.2, 0) is 25.7 Å². The molecule has 0 aliphatic rings. The van der Waals surface area contributed by atoms with E-state index in [0.29, 0.717) is 0 Å². The van der Waals surface area contributed by atoms with E-state index >= 15 is 0 Å². The van der Waals surface area contributed by atoms with Gasteiger partial charge in [0.05, 0.1) is 10.9 Å². The van der Waals surface area contributed by atoms with Crippen LogP contribution < -0.4 is 0 Å². The molecule has 3 aromatic carbocycles. The van der Waals surface area contributed by atoms with Crippen molar-refractivity contribution in [3.63, 3.8) is 0 Å². The smallest absolute Gasteiger partial charge is 0.483 e. The molecule has 0 heterocycles. The maximum atomic E-state index is 12.2. The molecule has 0 aliphatic carbocycles. The van der Waals surface area contributed by atoms with Crippen molar-refractivity contribution in [3.05, 3.63) is 91.0 Å². The first-order valence-electron chi connectivity index (χ1n) is 9.57. The van der Waals surface area contributed by atoms with Crippen LogP contribution in [-0.4, -0.2) is 36.9 Å². The molecule has 0 fully saturated rings. The highest BCUT2D eigenvalue weighted by Gasteiger charge is 2.64. The first kappa shape index (κ1) is 29.5. The van der Waals surface area contributed by atoms with Crippen LogP contribution in [0.1, 0.15) is 0 Å². The fourth-order valence-electron chi connectivity index (χ4n) is 2.46. The van der Waals surface area contributed by atoms with Crippen molar-refractivity contribution in [1.82, 2.24) is 0 Å². The topological polar surface area (TPSA) is 66.4 Å². The molecule has 0 saturated carbocycles. The molecule has 0 amide bonds. The van der Waals surface area contributed by atoms with E-state index in [0.717, 1.165) is 0 Å². The van der Waals surface area contributed by atoms with Crippen LogP contribution in [0.15, 0.2) is 106 Å². The molecule has 0 saturated heterocycles. The second-order valence-corrected chi connectivity index (χ2v) is 10.2. The second-order valence-electron chi connectivity index (χ2n) is 6.71. The molecule has 14 heteroatoms. The lowest BCUT2D eigenvalue weighted by Gasteiger charge is -2.27. The minimum Gasteiger partial charge on any atom is -0.743 e.